The van der Waals surface area contributed by atoms with E-state index in [1.54, 1.807) is 0 Å². The Labute approximate surface area is 122 Å². The summed E-state index contributed by atoms with van der Waals surface area (Å²) in [5.41, 5.74) is 2.64. The zero-order chi connectivity index (χ0) is 14.2. The van der Waals surface area contributed by atoms with Crippen LogP contribution in [-0.4, -0.2) is 33.4 Å². The van der Waals surface area contributed by atoms with Crippen LogP contribution in [0.25, 0.3) is 0 Å². The van der Waals surface area contributed by atoms with Gasteiger partial charge in [0.05, 0.1) is 13.2 Å². The van der Waals surface area contributed by atoms with Crippen LogP contribution in [0, 0.1) is 5.92 Å². The third-order valence-corrected chi connectivity index (χ3v) is 4.02. The summed E-state index contributed by atoms with van der Waals surface area (Å²) in [6.45, 7) is 6.63. The van der Waals surface area contributed by atoms with E-state index < -0.39 is 0 Å². The van der Waals surface area contributed by atoms with Crippen LogP contribution >= 0.6 is 0 Å². The molecule has 3 nitrogen and oxygen atoms in total. The summed E-state index contributed by atoms with van der Waals surface area (Å²) in [4.78, 5) is 0. The first-order valence-electron chi connectivity index (χ1n) is 7.68. The molecule has 1 unspecified atom stereocenters. The molecule has 0 aliphatic carbocycles. The van der Waals surface area contributed by atoms with Crippen molar-refractivity contribution in [2.75, 3.05) is 33.4 Å². The highest BCUT2D eigenvalue weighted by atomic mass is 16.5. The second kappa shape index (κ2) is 8.40. The van der Waals surface area contributed by atoms with Gasteiger partial charge in [0.2, 0.25) is 0 Å². The molecule has 1 aromatic rings. The van der Waals surface area contributed by atoms with Crippen LogP contribution in [0.4, 0.5) is 0 Å². The SMILES string of the molecule is CNCC(C)c1ccc(COCC2CCOCC2)cc1. The van der Waals surface area contributed by atoms with Gasteiger partial charge < -0.3 is 14.8 Å². The van der Waals surface area contributed by atoms with Crippen LogP contribution < -0.4 is 5.32 Å². The van der Waals surface area contributed by atoms with Crippen molar-refractivity contribution in [3.05, 3.63) is 35.4 Å². The lowest BCUT2D eigenvalue weighted by Gasteiger charge is -2.21. The molecule has 0 spiro atoms. The van der Waals surface area contributed by atoms with Crippen molar-refractivity contribution in [3.8, 4) is 0 Å². The van der Waals surface area contributed by atoms with Crippen molar-refractivity contribution >= 4 is 0 Å². The number of benzene rings is 1. The quantitative estimate of drug-likeness (QED) is 0.831. The monoisotopic (exact) mass is 277 g/mol. The molecule has 112 valence electrons. The molecule has 1 aliphatic rings. The molecule has 1 atom stereocenters. The first-order chi connectivity index (χ1) is 9.79. The van der Waals surface area contributed by atoms with E-state index in [4.69, 9.17) is 9.47 Å². The normalized spacial score (nSPS) is 18.1. The Bertz CT molecular complexity index is 371. The molecular formula is C17H27NO2. The Kier molecular flexibility index (Phi) is 6.51. The minimum atomic E-state index is 0.553. The summed E-state index contributed by atoms with van der Waals surface area (Å²) in [6.07, 6.45) is 2.28. The predicted octanol–water partition coefficient (Wildman–Crippen LogP) is 2.95. The first kappa shape index (κ1) is 15.5. The summed E-state index contributed by atoms with van der Waals surface area (Å²) in [5.74, 6) is 1.23. The van der Waals surface area contributed by atoms with Crippen LogP contribution in [0.15, 0.2) is 24.3 Å². The lowest BCUT2D eigenvalue weighted by molar-refractivity contribution is 0.0157. The Balaban J connectivity index is 1.73. The molecule has 1 saturated heterocycles. The van der Waals surface area contributed by atoms with Gasteiger partial charge in [-0.3, -0.25) is 0 Å². The fraction of sp³-hybridized carbons (Fsp3) is 0.647. The molecule has 1 heterocycles. The molecule has 0 bridgehead atoms. The summed E-state index contributed by atoms with van der Waals surface area (Å²) < 4.78 is 11.2. The van der Waals surface area contributed by atoms with Crippen molar-refractivity contribution in [1.29, 1.82) is 0 Å². The van der Waals surface area contributed by atoms with Crippen molar-refractivity contribution < 1.29 is 9.47 Å². The summed E-state index contributed by atoms with van der Waals surface area (Å²) >= 11 is 0. The van der Waals surface area contributed by atoms with Crippen LogP contribution in [0.5, 0.6) is 0 Å². The number of nitrogens with one attached hydrogen (secondary N) is 1. The van der Waals surface area contributed by atoms with Gasteiger partial charge in [0.1, 0.15) is 0 Å². The fourth-order valence-corrected chi connectivity index (χ4v) is 2.62. The van der Waals surface area contributed by atoms with Crippen molar-refractivity contribution in [2.24, 2.45) is 5.92 Å². The van der Waals surface area contributed by atoms with Crippen LogP contribution in [-0.2, 0) is 16.1 Å². The topological polar surface area (TPSA) is 30.5 Å². The molecule has 0 amide bonds. The highest BCUT2D eigenvalue weighted by Gasteiger charge is 2.13. The number of hydrogen-bond acceptors (Lipinski definition) is 3. The van der Waals surface area contributed by atoms with Crippen LogP contribution in [0.3, 0.4) is 0 Å². The summed E-state index contributed by atoms with van der Waals surface area (Å²) in [6, 6.07) is 8.81. The van der Waals surface area contributed by atoms with E-state index in [9.17, 15) is 0 Å². The smallest absolute Gasteiger partial charge is 0.0717 e. The molecule has 0 aromatic heterocycles. The Morgan fingerprint density at radius 1 is 1.25 bits per heavy atom. The Morgan fingerprint density at radius 2 is 1.95 bits per heavy atom. The predicted molar refractivity (Wildman–Crippen MR) is 82.0 cm³/mol. The van der Waals surface area contributed by atoms with E-state index in [0.29, 0.717) is 11.8 Å². The fourth-order valence-electron chi connectivity index (χ4n) is 2.62. The Hall–Kier alpha value is -0.900. The summed E-state index contributed by atoms with van der Waals surface area (Å²) in [5, 5.41) is 3.22. The van der Waals surface area contributed by atoms with E-state index in [1.165, 1.54) is 11.1 Å². The van der Waals surface area contributed by atoms with Crippen molar-refractivity contribution in [1.82, 2.24) is 5.32 Å². The van der Waals surface area contributed by atoms with Gasteiger partial charge in [-0.1, -0.05) is 31.2 Å². The average Bonchev–Trinajstić information content (AvgIpc) is 2.49. The van der Waals surface area contributed by atoms with E-state index in [-0.39, 0.29) is 0 Å². The molecule has 2 rings (SSSR count). The zero-order valence-corrected chi connectivity index (χ0v) is 12.7. The van der Waals surface area contributed by atoms with E-state index >= 15 is 0 Å². The van der Waals surface area contributed by atoms with E-state index in [0.717, 1.165) is 45.8 Å². The highest BCUT2D eigenvalue weighted by molar-refractivity contribution is 5.24. The number of rotatable bonds is 7. The number of hydrogen-bond donors (Lipinski definition) is 1. The molecule has 0 saturated carbocycles. The van der Waals surface area contributed by atoms with E-state index in [2.05, 4.69) is 36.5 Å². The molecule has 1 aliphatic heterocycles. The first-order valence-corrected chi connectivity index (χ1v) is 7.68. The van der Waals surface area contributed by atoms with Crippen molar-refractivity contribution in [3.63, 3.8) is 0 Å². The number of ether oxygens (including phenoxy) is 2. The van der Waals surface area contributed by atoms with Crippen molar-refractivity contribution in [2.45, 2.75) is 32.3 Å². The minimum Gasteiger partial charge on any atom is -0.381 e. The minimum absolute atomic E-state index is 0.553. The van der Waals surface area contributed by atoms with Gasteiger partial charge in [0, 0.05) is 19.8 Å². The largest absolute Gasteiger partial charge is 0.381 e. The zero-order valence-electron chi connectivity index (χ0n) is 12.7. The molecular weight excluding hydrogens is 250 g/mol. The van der Waals surface area contributed by atoms with Gasteiger partial charge in [-0.25, -0.2) is 0 Å². The average molecular weight is 277 g/mol. The lowest BCUT2D eigenvalue weighted by atomic mass is 10.00. The lowest BCUT2D eigenvalue weighted by Crippen LogP contribution is -2.20. The van der Waals surface area contributed by atoms with Crippen LogP contribution in [0.2, 0.25) is 0 Å². The van der Waals surface area contributed by atoms with Crippen LogP contribution in [0.1, 0.15) is 36.8 Å². The molecule has 1 aromatic carbocycles. The third-order valence-electron chi connectivity index (χ3n) is 4.02. The van der Waals surface area contributed by atoms with Gasteiger partial charge in [-0.2, -0.15) is 0 Å². The maximum atomic E-state index is 5.84. The second-order valence-electron chi connectivity index (χ2n) is 5.77. The van der Waals surface area contributed by atoms with E-state index in [1.807, 2.05) is 7.05 Å². The molecule has 20 heavy (non-hydrogen) atoms. The Morgan fingerprint density at radius 3 is 2.60 bits per heavy atom. The second-order valence-corrected chi connectivity index (χ2v) is 5.77. The highest BCUT2D eigenvalue weighted by Crippen LogP contribution is 2.17. The van der Waals surface area contributed by atoms with Gasteiger partial charge in [0.25, 0.3) is 0 Å². The molecule has 1 fully saturated rings. The van der Waals surface area contributed by atoms with Gasteiger partial charge in [0.15, 0.2) is 0 Å². The van der Waals surface area contributed by atoms with Gasteiger partial charge in [-0.15, -0.1) is 0 Å². The number of likely N-dealkylation sites (N-methyl/N-ethyl adjacent to an activating group) is 1. The molecule has 1 N–H and O–H groups in total. The van der Waals surface area contributed by atoms with Gasteiger partial charge in [-0.05, 0) is 42.9 Å². The maximum Gasteiger partial charge on any atom is 0.0717 e. The molecule has 3 heteroatoms. The maximum absolute atomic E-state index is 5.84. The summed E-state index contributed by atoms with van der Waals surface area (Å²) in [7, 11) is 2.00. The molecule has 0 radical (unpaired) electrons. The third kappa shape index (κ3) is 4.89. The standard InChI is InChI=1S/C17H27NO2/c1-14(11-18-2)17-5-3-15(4-6-17)12-20-13-16-7-9-19-10-8-16/h3-6,14,16,18H,7-13H2,1-2H3. The van der Waals surface area contributed by atoms with Gasteiger partial charge >= 0.3 is 0 Å².